The van der Waals surface area contributed by atoms with Gasteiger partial charge >= 0.3 is 0 Å². The molecule has 1 N–H and O–H groups in total. The van der Waals surface area contributed by atoms with Crippen LogP contribution in [0.4, 0.5) is 0 Å². The van der Waals surface area contributed by atoms with E-state index in [4.69, 9.17) is 0 Å². The van der Waals surface area contributed by atoms with E-state index < -0.39 is 0 Å². The van der Waals surface area contributed by atoms with E-state index in [2.05, 4.69) is 66.0 Å². The summed E-state index contributed by atoms with van der Waals surface area (Å²) in [7, 11) is 0. The molecule has 3 rings (SSSR count). The van der Waals surface area contributed by atoms with Crippen molar-refractivity contribution in [1.82, 2.24) is 5.32 Å². The second-order valence-electron chi connectivity index (χ2n) is 4.67. The van der Waals surface area contributed by atoms with Gasteiger partial charge in [-0.1, -0.05) is 60.7 Å². The molecule has 0 aromatic heterocycles. The second-order valence-corrected chi connectivity index (χ2v) is 4.67. The van der Waals surface area contributed by atoms with Gasteiger partial charge in [-0.2, -0.15) is 0 Å². The standard InChI is InChI=1S/C16H17N/c1-3-7-13(8-4-1)15-11-12-16(17-15)14-9-5-2-6-10-14/h1-10,15-17H,11-12H2/t15-,16-/m0/s1. The maximum atomic E-state index is 3.72. The highest BCUT2D eigenvalue weighted by molar-refractivity contribution is 5.24. The van der Waals surface area contributed by atoms with Gasteiger partial charge in [-0.3, -0.25) is 0 Å². The fraction of sp³-hybridized carbons (Fsp3) is 0.250. The van der Waals surface area contributed by atoms with Gasteiger partial charge in [0.15, 0.2) is 0 Å². The van der Waals surface area contributed by atoms with E-state index in [0.29, 0.717) is 12.1 Å². The van der Waals surface area contributed by atoms with E-state index in [1.54, 1.807) is 0 Å². The van der Waals surface area contributed by atoms with Gasteiger partial charge < -0.3 is 5.32 Å². The Balaban J connectivity index is 1.75. The van der Waals surface area contributed by atoms with Crippen molar-refractivity contribution in [3.8, 4) is 0 Å². The first kappa shape index (κ1) is 10.5. The van der Waals surface area contributed by atoms with Crippen LogP contribution in [0.15, 0.2) is 60.7 Å². The van der Waals surface area contributed by atoms with Gasteiger partial charge in [-0.25, -0.2) is 0 Å². The smallest absolute Gasteiger partial charge is 0.0326 e. The van der Waals surface area contributed by atoms with Crippen molar-refractivity contribution in [2.24, 2.45) is 0 Å². The van der Waals surface area contributed by atoms with Crippen LogP contribution in [0.25, 0.3) is 0 Å². The molecule has 0 amide bonds. The largest absolute Gasteiger partial charge is 0.303 e. The van der Waals surface area contributed by atoms with Crippen LogP contribution in [-0.4, -0.2) is 0 Å². The van der Waals surface area contributed by atoms with Crippen LogP contribution in [0, 0.1) is 0 Å². The number of hydrogen-bond donors (Lipinski definition) is 1. The number of nitrogens with one attached hydrogen (secondary N) is 1. The second kappa shape index (κ2) is 4.72. The monoisotopic (exact) mass is 223 g/mol. The van der Waals surface area contributed by atoms with Crippen molar-refractivity contribution in [2.45, 2.75) is 24.9 Å². The molecule has 1 saturated heterocycles. The van der Waals surface area contributed by atoms with E-state index >= 15 is 0 Å². The minimum Gasteiger partial charge on any atom is -0.303 e. The molecule has 2 aromatic rings. The third kappa shape index (κ3) is 2.25. The molecule has 1 aliphatic rings. The van der Waals surface area contributed by atoms with E-state index in [-0.39, 0.29) is 0 Å². The van der Waals surface area contributed by atoms with Gasteiger partial charge in [0, 0.05) is 12.1 Å². The molecule has 1 heterocycles. The molecule has 1 heteroatoms. The predicted octanol–water partition coefficient (Wildman–Crippen LogP) is 3.85. The number of benzene rings is 2. The van der Waals surface area contributed by atoms with Gasteiger partial charge in [0.2, 0.25) is 0 Å². The van der Waals surface area contributed by atoms with E-state index in [9.17, 15) is 0 Å². The Hall–Kier alpha value is -1.60. The summed E-state index contributed by atoms with van der Waals surface area (Å²) in [4.78, 5) is 0. The summed E-state index contributed by atoms with van der Waals surface area (Å²) in [6, 6.07) is 22.5. The Morgan fingerprint density at radius 3 is 1.47 bits per heavy atom. The highest BCUT2D eigenvalue weighted by Crippen LogP contribution is 2.33. The Labute approximate surface area is 102 Å². The first-order valence-electron chi connectivity index (χ1n) is 6.29. The molecular weight excluding hydrogens is 206 g/mol. The van der Waals surface area contributed by atoms with Gasteiger partial charge in [-0.15, -0.1) is 0 Å². The third-order valence-corrected chi connectivity index (χ3v) is 3.55. The summed E-state index contributed by atoms with van der Waals surface area (Å²) in [6.07, 6.45) is 2.45. The zero-order valence-corrected chi connectivity index (χ0v) is 9.84. The molecular formula is C16H17N. The lowest BCUT2D eigenvalue weighted by molar-refractivity contribution is 0.574. The first-order chi connectivity index (χ1) is 8.43. The number of hydrogen-bond acceptors (Lipinski definition) is 1. The minimum absolute atomic E-state index is 0.515. The Morgan fingerprint density at radius 2 is 1.06 bits per heavy atom. The molecule has 0 radical (unpaired) electrons. The van der Waals surface area contributed by atoms with Crippen LogP contribution in [0.3, 0.4) is 0 Å². The lowest BCUT2D eigenvalue weighted by atomic mass is 10.0. The molecule has 0 saturated carbocycles. The van der Waals surface area contributed by atoms with Gasteiger partial charge in [0.1, 0.15) is 0 Å². The molecule has 1 nitrogen and oxygen atoms in total. The van der Waals surface area contributed by atoms with Crippen molar-refractivity contribution in [3.05, 3.63) is 71.8 Å². The molecule has 1 aliphatic heterocycles. The summed E-state index contributed by atoms with van der Waals surface area (Å²) in [6.45, 7) is 0. The molecule has 2 atom stereocenters. The van der Waals surface area contributed by atoms with Crippen LogP contribution in [0.2, 0.25) is 0 Å². The summed E-state index contributed by atoms with van der Waals surface area (Å²) >= 11 is 0. The molecule has 0 spiro atoms. The summed E-state index contributed by atoms with van der Waals surface area (Å²) < 4.78 is 0. The number of rotatable bonds is 2. The van der Waals surface area contributed by atoms with Crippen molar-refractivity contribution in [2.75, 3.05) is 0 Å². The molecule has 0 aliphatic carbocycles. The minimum atomic E-state index is 0.515. The first-order valence-corrected chi connectivity index (χ1v) is 6.29. The third-order valence-electron chi connectivity index (χ3n) is 3.55. The van der Waals surface area contributed by atoms with Gasteiger partial charge in [0.05, 0.1) is 0 Å². The van der Waals surface area contributed by atoms with Crippen molar-refractivity contribution in [1.29, 1.82) is 0 Å². The molecule has 17 heavy (non-hydrogen) atoms. The highest BCUT2D eigenvalue weighted by atomic mass is 15.0. The average Bonchev–Trinajstić information content (AvgIpc) is 2.90. The topological polar surface area (TPSA) is 12.0 Å². The molecule has 0 bridgehead atoms. The maximum Gasteiger partial charge on any atom is 0.0326 e. The lowest BCUT2D eigenvalue weighted by Crippen LogP contribution is -2.17. The van der Waals surface area contributed by atoms with Gasteiger partial charge in [0.25, 0.3) is 0 Å². The van der Waals surface area contributed by atoms with Crippen molar-refractivity contribution < 1.29 is 0 Å². The van der Waals surface area contributed by atoms with E-state index in [1.807, 2.05) is 0 Å². The quantitative estimate of drug-likeness (QED) is 0.815. The summed E-state index contributed by atoms with van der Waals surface area (Å²) in [5.41, 5.74) is 2.82. The van der Waals surface area contributed by atoms with Crippen LogP contribution in [0.5, 0.6) is 0 Å². The van der Waals surface area contributed by atoms with Gasteiger partial charge in [-0.05, 0) is 24.0 Å². The normalized spacial score (nSPS) is 23.8. The Morgan fingerprint density at radius 1 is 0.647 bits per heavy atom. The fourth-order valence-corrected chi connectivity index (χ4v) is 2.64. The molecule has 0 unspecified atom stereocenters. The van der Waals surface area contributed by atoms with E-state index in [1.165, 1.54) is 24.0 Å². The highest BCUT2D eigenvalue weighted by Gasteiger charge is 2.25. The molecule has 86 valence electrons. The fourth-order valence-electron chi connectivity index (χ4n) is 2.64. The van der Waals surface area contributed by atoms with Crippen LogP contribution in [-0.2, 0) is 0 Å². The van der Waals surface area contributed by atoms with Crippen LogP contribution < -0.4 is 5.32 Å². The molecule has 1 fully saturated rings. The Kier molecular flexibility index (Phi) is 2.93. The average molecular weight is 223 g/mol. The molecule has 2 aromatic carbocycles. The van der Waals surface area contributed by atoms with Crippen LogP contribution in [0.1, 0.15) is 36.1 Å². The summed E-state index contributed by atoms with van der Waals surface area (Å²) in [5.74, 6) is 0. The predicted molar refractivity (Wildman–Crippen MR) is 70.7 cm³/mol. The van der Waals surface area contributed by atoms with Crippen LogP contribution >= 0.6 is 0 Å². The SMILES string of the molecule is c1ccc([C@@H]2CC[C@@H](c3ccccc3)N2)cc1. The van der Waals surface area contributed by atoms with Crippen molar-refractivity contribution >= 4 is 0 Å². The zero-order valence-electron chi connectivity index (χ0n) is 9.84. The lowest BCUT2D eigenvalue weighted by Gasteiger charge is -2.14. The van der Waals surface area contributed by atoms with E-state index in [0.717, 1.165) is 0 Å². The Bertz CT molecular complexity index is 418. The zero-order chi connectivity index (χ0) is 11.5. The maximum absolute atomic E-state index is 3.72. The van der Waals surface area contributed by atoms with Crippen molar-refractivity contribution in [3.63, 3.8) is 0 Å². The summed E-state index contributed by atoms with van der Waals surface area (Å²) in [5, 5.41) is 3.72.